The van der Waals surface area contributed by atoms with Gasteiger partial charge in [0.2, 0.25) is 5.91 Å². The molecule has 47 heavy (non-hydrogen) atoms. The highest BCUT2D eigenvalue weighted by Crippen LogP contribution is 2.34. The van der Waals surface area contributed by atoms with Gasteiger partial charge >= 0.3 is 12.0 Å². The lowest BCUT2D eigenvalue weighted by atomic mass is 9.92. The molecule has 0 spiro atoms. The van der Waals surface area contributed by atoms with E-state index < -0.39 is 6.03 Å². The van der Waals surface area contributed by atoms with Gasteiger partial charge in [-0.3, -0.25) is 15.0 Å². The van der Waals surface area contributed by atoms with Crippen molar-refractivity contribution in [3.05, 3.63) is 83.9 Å². The topological polar surface area (TPSA) is 127 Å². The van der Waals surface area contributed by atoms with Crippen LogP contribution in [0.3, 0.4) is 0 Å². The minimum absolute atomic E-state index is 0.135. The molecule has 1 aliphatic heterocycles. The number of fused-ring (bicyclic) bond motifs is 1. The van der Waals surface area contributed by atoms with Crippen LogP contribution in [0.2, 0.25) is 0 Å². The Morgan fingerprint density at radius 1 is 0.872 bits per heavy atom. The Morgan fingerprint density at radius 2 is 1.66 bits per heavy atom. The number of ether oxygens (including phenoxy) is 1. The third kappa shape index (κ3) is 6.73. The van der Waals surface area contributed by atoms with Crippen LogP contribution in [-0.2, 0) is 23.1 Å². The van der Waals surface area contributed by atoms with Crippen LogP contribution in [0.5, 0.6) is 11.8 Å². The van der Waals surface area contributed by atoms with Crippen LogP contribution in [0.25, 0.3) is 16.1 Å². The minimum Gasteiger partial charge on any atom is -0.424 e. The summed E-state index contributed by atoms with van der Waals surface area (Å²) in [6, 6.07) is 15.5. The third-order valence-electron chi connectivity index (χ3n) is 8.33. The third-order valence-corrected chi connectivity index (χ3v) is 9.40. The predicted molar refractivity (Wildman–Crippen MR) is 183 cm³/mol. The summed E-state index contributed by atoms with van der Waals surface area (Å²) in [6.07, 6.45) is 10.6. The number of piperidine rings is 1. The molecule has 0 saturated carbocycles. The van der Waals surface area contributed by atoms with Gasteiger partial charge in [-0.1, -0.05) is 38.2 Å². The van der Waals surface area contributed by atoms with Crippen molar-refractivity contribution in [2.24, 2.45) is 0 Å². The molecule has 240 valence electrons. The van der Waals surface area contributed by atoms with E-state index in [0.29, 0.717) is 23.7 Å². The van der Waals surface area contributed by atoms with Gasteiger partial charge < -0.3 is 10.1 Å². The van der Waals surface area contributed by atoms with Crippen molar-refractivity contribution in [1.82, 2.24) is 24.7 Å². The fraction of sp³-hybridized carbons (Fsp3) is 0.314. The Labute approximate surface area is 277 Å². The molecule has 7 rings (SSSR count). The summed E-state index contributed by atoms with van der Waals surface area (Å²) in [7, 11) is 0. The average molecular weight is 649 g/mol. The fourth-order valence-corrected chi connectivity index (χ4v) is 6.72. The summed E-state index contributed by atoms with van der Waals surface area (Å²) in [6.45, 7) is 7.01. The zero-order valence-corrected chi connectivity index (χ0v) is 27.4. The first kappa shape index (κ1) is 30.5. The van der Waals surface area contributed by atoms with E-state index in [-0.39, 0.29) is 17.3 Å². The molecule has 1 saturated heterocycles. The molecule has 0 atom stereocenters. The van der Waals surface area contributed by atoms with E-state index in [0.717, 1.165) is 65.6 Å². The van der Waals surface area contributed by atoms with Gasteiger partial charge in [0.05, 0.1) is 34.3 Å². The standard InChI is InChI=1S/C35H36N8O3S/c1-35(2,3)29-18-30(43(41-29)26-13-10-22-7-6-8-24(22)17-26)40-32(45)39-25-19-36-33(37-20-25)46-27-14-11-23(12-15-27)28-21-38-34(47-28)42-16-5-4-9-31(42)44/h10-15,17-21H,4-9,16H2,1-3H3,(H2,39,40,45). The first-order valence-electron chi connectivity index (χ1n) is 15.9. The van der Waals surface area contributed by atoms with E-state index in [2.05, 4.69) is 64.6 Å². The first-order chi connectivity index (χ1) is 22.7. The lowest BCUT2D eigenvalue weighted by Crippen LogP contribution is -2.34. The number of urea groups is 1. The molecule has 4 heterocycles. The van der Waals surface area contributed by atoms with E-state index in [1.165, 1.54) is 34.9 Å². The monoisotopic (exact) mass is 648 g/mol. The zero-order chi connectivity index (χ0) is 32.5. The quantitative estimate of drug-likeness (QED) is 0.187. The van der Waals surface area contributed by atoms with Crippen LogP contribution >= 0.6 is 11.3 Å². The van der Waals surface area contributed by atoms with E-state index in [1.54, 1.807) is 15.8 Å². The second-order valence-corrected chi connectivity index (χ2v) is 13.9. The van der Waals surface area contributed by atoms with Crippen molar-refractivity contribution in [3.8, 4) is 27.9 Å². The molecule has 2 aromatic carbocycles. The molecule has 0 radical (unpaired) electrons. The maximum absolute atomic E-state index is 13.1. The number of anilines is 3. The van der Waals surface area contributed by atoms with E-state index >= 15 is 0 Å². The predicted octanol–water partition coefficient (Wildman–Crippen LogP) is 7.53. The van der Waals surface area contributed by atoms with Crippen molar-refractivity contribution >= 4 is 39.9 Å². The smallest absolute Gasteiger partial charge is 0.324 e. The molecule has 12 heteroatoms. The van der Waals surface area contributed by atoms with Crippen LogP contribution in [0.15, 0.2) is 67.1 Å². The molecule has 3 aromatic heterocycles. The molecule has 0 unspecified atom stereocenters. The molecule has 11 nitrogen and oxygen atoms in total. The van der Waals surface area contributed by atoms with Crippen molar-refractivity contribution in [3.63, 3.8) is 0 Å². The van der Waals surface area contributed by atoms with E-state index in [1.807, 2.05) is 30.3 Å². The zero-order valence-electron chi connectivity index (χ0n) is 26.6. The van der Waals surface area contributed by atoms with Gasteiger partial charge in [-0.15, -0.1) is 0 Å². The highest BCUT2D eigenvalue weighted by atomic mass is 32.1. The lowest BCUT2D eigenvalue weighted by Gasteiger charge is -2.23. The summed E-state index contributed by atoms with van der Waals surface area (Å²) in [5.74, 6) is 1.28. The number of carbonyl (C=O) groups excluding carboxylic acids is 2. The maximum Gasteiger partial charge on any atom is 0.324 e. The van der Waals surface area contributed by atoms with E-state index in [4.69, 9.17) is 9.84 Å². The van der Waals surface area contributed by atoms with Gasteiger partial charge in [0.25, 0.3) is 0 Å². The molecule has 0 bridgehead atoms. The average Bonchev–Trinajstić information content (AvgIpc) is 3.82. The summed E-state index contributed by atoms with van der Waals surface area (Å²) in [5, 5.41) is 11.3. The van der Waals surface area contributed by atoms with Gasteiger partial charge in [0.1, 0.15) is 11.6 Å². The fourth-order valence-electron chi connectivity index (χ4n) is 5.76. The first-order valence-corrected chi connectivity index (χ1v) is 16.7. The second kappa shape index (κ2) is 12.6. The van der Waals surface area contributed by atoms with Gasteiger partial charge in [-0.05, 0) is 85.2 Å². The van der Waals surface area contributed by atoms with Crippen LogP contribution in [0.4, 0.5) is 21.4 Å². The molecular weight excluding hydrogens is 613 g/mol. The van der Waals surface area contributed by atoms with Gasteiger partial charge in [0, 0.05) is 30.6 Å². The summed E-state index contributed by atoms with van der Waals surface area (Å²) >= 11 is 1.50. The van der Waals surface area contributed by atoms with Crippen molar-refractivity contribution in [2.75, 3.05) is 22.1 Å². The Hall–Kier alpha value is -5.10. The van der Waals surface area contributed by atoms with E-state index in [9.17, 15) is 9.59 Å². The normalized spacial score (nSPS) is 14.6. The van der Waals surface area contributed by atoms with Gasteiger partial charge in [0.15, 0.2) is 5.13 Å². The number of benzene rings is 2. The Kier molecular flexibility index (Phi) is 8.19. The number of rotatable bonds is 7. The minimum atomic E-state index is -0.434. The number of hydrogen-bond donors (Lipinski definition) is 2. The van der Waals surface area contributed by atoms with Crippen LogP contribution < -0.4 is 20.3 Å². The largest absolute Gasteiger partial charge is 0.424 e. The second-order valence-electron chi connectivity index (χ2n) is 12.9. The molecule has 1 aliphatic carbocycles. The van der Waals surface area contributed by atoms with Crippen molar-refractivity contribution in [1.29, 1.82) is 0 Å². The highest BCUT2D eigenvalue weighted by molar-refractivity contribution is 7.19. The number of aromatic nitrogens is 5. The molecular formula is C35H36N8O3S. The number of thiazole rings is 1. The van der Waals surface area contributed by atoms with Crippen LogP contribution in [0.1, 0.15) is 63.3 Å². The number of carbonyl (C=O) groups is 2. The molecule has 3 amide bonds. The lowest BCUT2D eigenvalue weighted by molar-refractivity contribution is -0.119. The highest BCUT2D eigenvalue weighted by Gasteiger charge is 2.24. The number of hydrogen-bond acceptors (Lipinski definition) is 8. The molecule has 5 aromatic rings. The summed E-state index contributed by atoms with van der Waals surface area (Å²) in [4.78, 5) is 41.1. The number of nitrogens with zero attached hydrogens (tertiary/aromatic N) is 6. The van der Waals surface area contributed by atoms with Crippen LogP contribution in [0, 0.1) is 0 Å². The Bertz CT molecular complexity index is 1930. The van der Waals surface area contributed by atoms with Crippen molar-refractivity contribution < 1.29 is 14.3 Å². The number of aryl methyl sites for hydroxylation is 2. The van der Waals surface area contributed by atoms with Gasteiger partial charge in [-0.25, -0.2) is 24.4 Å². The van der Waals surface area contributed by atoms with Gasteiger partial charge in [-0.2, -0.15) is 5.10 Å². The van der Waals surface area contributed by atoms with Crippen molar-refractivity contribution in [2.45, 2.75) is 64.7 Å². The summed E-state index contributed by atoms with van der Waals surface area (Å²) < 4.78 is 7.64. The Balaban J connectivity index is 0.985. The maximum atomic E-state index is 13.1. The van der Waals surface area contributed by atoms with Crippen LogP contribution in [-0.4, -0.2) is 43.2 Å². The molecule has 2 aliphatic rings. The number of amides is 3. The molecule has 2 N–H and O–H groups in total. The SMILES string of the molecule is CC(C)(C)c1cc(NC(=O)Nc2cnc(Oc3ccc(-c4cnc(N5CCCCC5=O)s4)cc3)nc2)n(-c2ccc3c(c2)CCC3)n1. The number of nitrogens with one attached hydrogen (secondary N) is 2. The molecule has 1 fully saturated rings. The summed E-state index contributed by atoms with van der Waals surface area (Å²) in [5.41, 5.74) is 5.70. The Morgan fingerprint density at radius 3 is 2.43 bits per heavy atom.